The predicted molar refractivity (Wildman–Crippen MR) is 142 cm³/mol. The second kappa shape index (κ2) is 24.8. The lowest BCUT2D eigenvalue weighted by atomic mass is 9.86. The van der Waals surface area contributed by atoms with E-state index in [4.69, 9.17) is 0 Å². The third-order valence-electron chi connectivity index (χ3n) is 7.07. The third kappa shape index (κ3) is 21.1. The molecular formula is C30H58O2. The van der Waals surface area contributed by atoms with Crippen LogP contribution in [0.4, 0.5) is 0 Å². The highest BCUT2D eigenvalue weighted by molar-refractivity contribution is 5.69. The largest absolute Gasteiger partial charge is 0.481 e. The normalized spacial score (nSPS) is 13.6. The Hall–Kier alpha value is -0.790. The first-order valence-electron chi connectivity index (χ1n) is 14.5. The molecule has 190 valence electrons. The molecule has 0 saturated carbocycles. The smallest absolute Gasteiger partial charge is 0.306 e. The molecule has 32 heavy (non-hydrogen) atoms. The minimum absolute atomic E-state index is 0.120. The molecule has 0 amide bonds. The van der Waals surface area contributed by atoms with Crippen LogP contribution < -0.4 is 0 Å². The zero-order chi connectivity index (χ0) is 23.7. The minimum Gasteiger partial charge on any atom is -0.481 e. The molecule has 0 aromatic heterocycles. The zero-order valence-electron chi connectivity index (χ0n) is 22.2. The molecule has 0 heterocycles. The van der Waals surface area contributed by atoms with Crippen LogP contribution in [0.3, 0.4) is 0 Å². The summed E-state index contributed by atoms with van der Waals surface area (Å²) < 4.78 is 0. The average Bonchev–Trinajstić information content (AvgIpc) is 2.79. The van der Waals surface area contributed by atoms with E-state index in [1.807, 2.05) is 0 Å². The maximum atomic E-state index is 11.6. The molecule has 2 unspecified atom stereocenters. The monoisotopic (exact) mass is 450 g/mol. The first kappa shape index (κ1) is 31.2. The van der Waals surface area contributed by atoms with Crippen molar-refractivity contribution in [1.29, 1.82) is 0 Å². The SMILES string of the molecule is CCCCCCCC/C=C\CCCCCCCCCCC(CC(CC)CCCC)C(=O)O. The van der Waals surface area contributed by atoms with Crippen LogP contribution in [0.1, 0.15) is 162 Å². The highest BCUT2D eigenvalue weighted by Crippen LogP contribution is 2.25. The van der Waals surface area contributed by atoms with Crippen molar-refractivity contribution in [1.82, 2.24) is 0 Å². The number of carbonyl (C=O) groups is 1. The van der Waals surface area contributed by atoms with Gasteiger partial charge in [-0.2, -0.15) is 0 Å². The first-order valence-corrected chi connectivity index (χ1v) is 14.5. The van der Waals surface area contributed by atoms with E-state index >= 15 is 0 Å². The lowest BCUT2D eigenvalue weighted by molar-refractivity contribution is -0.142. The van der Waals surface area contributed by atoms with E-state index in [-0.39, 0.29) is 5.92 Å². The van der Waals surface area contributed by atoms with Gasteiger partial charge in [-0.05, 0) is 44.4 Å². The van der Waals surface area contributed by atoms with E-state index in [9.17, 15) is 9.90 Å². The van der Waals surface area contributed by atoms with Crippen LogP contribution in [0.5, 0.6) is 0 Å². The van der Waals surface area contributed by atoms with Crippen LogP contribution in [-0.4, -0.2) is 11.1 Å². The van der Waals surface area contributed by atoms with Crippen molar-refractivity contribution >= 4 is 5.97 Å². The van der Waals surface area contributed by atoms with Gasteiger partial charge < -0.3 is 5.11 Å². The molecule has 2 nitrogen and oxygen atoms in total. The summed E-state index contributed by atoms with van der Waals surface area (Å²) >= 11 is 0. The number of unbranched alkanes of at least 4 members (excludes halogenated alkanes) is 15. The summed E-state index contributed by atoms with van der Waals surface area (Å²) in [5.41, 5.74) is 0. The van der Waals surface area contributed by atoms with Crippen molar-refractivity contribution in [2.24, 2.45) is 11.8 Å². The average molecular weight is 451 g/mol. The van der Waals surface area contributed by atoms with Gasteiger partial charge in [-0.25, -0.2) is 0 Å². The van der Waals surface area contributed by atoms with Gasteiger partial charge in [0.15, 0.2) is 0 Å². The van der Waals surface area contributed by atoms with Gasteiger partial charge in [0.1, 0.15) is 0 Å². The van der Waals surface area contributed by atoms with E-state index in [0.717, 1.165) is 25.7 Å². The van der Waals surface area contributed by atoms with Crippen LogP contribution >= 0.6 is 0 Å². The molecule has 0 aliphatic heterocycles. The molecule has 0 fully saturated rings. The second-order valence-electron chi connectivity index (χ2n) is 10.1. The highest BCUT2D eigenvalue weighted by atomic mass is 16.4. The number of aliphatic carboxylic acids is 1. The Morgan fingerprint density at radius 1 is 0.625 bits per heavy atom. The van der Waals surface area contributed by atoms with Crippen LogP contribution in [0.2, 0.25) is 0 Å². The summed E-state index contributed by atoms with van der Waals surface area (Å²) in [7, 11) is 0. The molecule has 0 aliphatic rings. The van der Waals surface area contributed by atoms with E-state index < -0.39 is 5.97 Å². The number of carboxylic acid groups (broad SMARTS) is 1. The Morgan fingerprint density at radius 2 is 1.09 bits per heavy atom. The van der Waals surface area contributed by atoms with Crippen LogP contribution in [0.25, 0.3) is 0 Å². The number of hydrogen-bond donors (Lipinski definition) is 1. The lowest BCUT2D eigenvalue weighted by Gasteiger charge is -2.19. The van der Waals surface area contributed by atoms with Crippen molar-refractivity contribution in [2.45, 2.75) is 162 Å². The molecule has 0 spiro atoms. The van der Waals surface area contributed by atoms with Gasteiger partial charge in [0.2, 0.25) is 0 Å². The van der Waals surface area contributed by atoms with E-state index in [0.29, 0.717) is 5.92 Å². The maximum Gasteiger partial charge on any atom is 0.306 e. The molecule has 1 N–H and O–H groups in total. The fourth-order valence-corrected chi connectivity index (χ4v) is 4.72. The topological polar surface area (TPSA) is 37.3 Å². The summed E-state index contributed by atoms with van der Waals surface area (Å²) in [5.74, 6) is -0.0895. The Bertz CT molecular complexity index is 415. The Morgan fingerprint density at radius 3 is 1.56 bits per heavy atom. The molecule has 0 aliphatic carbocycles. The minimum atomic E-state index is -0.569. The highest BCUT2D eigenvalue weighted by Gasteiger charge is 2.21. The van der Waals surface area contributed by atoms with Crippen molar-refractivity contribution in [3.63, 3.8) is 0 Å². The van der Waals surface area contributed by atoms with Crippen molar-refractivity contribution in [3.05, 3.63) is 12.2 Å². The molecular weight excluding hydrogens is 392 g/mol. The van der Waals surface area contributed by atoms with Gasteiger partial charge in [0.05, 0.1) is 5.92 Å². The van der Waals surface area contributed by atoms with E-state index in [1.54, 1.807) is 0 Å². The van der Waals surface area contributed by atoms with E-state index in [1.165, 1.54) is 116 Å². The second-order valence-corrected chi connectivity index (χ2v) is 10.1. The summed E-state index contributed by atoms with van der Waals surface area (Å²) in [6, 6.07) is 0. The molecule has 0 bridgehead atoms. The lowest BCUT2D eigenvalue weighted by Crippen LogP contribution is -2.18. The van der Waals surface area contributed by atoms with Crippen molar-refractivity contribution in [3.8, 4) is 0 Å². The fourth-order valence-electron chi connectivity index (χ4n) is 4.72. The quantitative estimate of drug-likeness (QED) is 0.111. The van der Waals surface area contributed by atoms with Gasteiger partial charge in [-0.1, -0.05) is 136 Å². The molecule has 0 aromatic rings. The van der Waals surface area contributed by atoms with Crippen molar-refractivity contribution in [2.75, 3.05) is 0 Å². The van der Waals surface area contributed by atoms with Crippen LogP contribution in [0, 0.1) is 11.8 Å². The molecule has 0 aromatic carbocycles. The van der Waals surface area contributed by atoms with Gasteiger partial charge >= 0.3 is 5.97 Å². The zero-order valence-corrected chi connectivity index (χ0v) is 22.2. The molecule has 2 atom stereocenters. The van der Waals surface area contributed by atoms with Crippen LogP contribution in [-0.2, 0) is 4.79 Å². The summed E-state index contributed by atoms with van der Waals surface area (Å²) in [6.07, 6.45) is 32.5. The Labute approximate surface area is 202 Å². The predicted octanol–water partition coefficient (Wildman–Crippen LogP) is 10.5. The Kier molecular flexibility index (Phi) is 24.2. The van der Waals surface area contributed by atoms with Crippen molar-refractivity contribution < 1.29 is 9.90 Å². The summed E-state index contributed by atoms with van der Waals surface area (Å²) in [6.45, 7) is 6.71. The van der Waals surface area contributed by atoms with E-state index in [2.05, 4.69) is 32.9 Å². The molecule has 0 rings (SSSR count). The standard InChI is InChI=1S/C30H58O2/c1-4-7-9-10-11-12-13-14-15-16-17-18-19-20-21-22-23-24-26-29(30(31)32)27-28(6-3)25-8-5-2/h14-15,28-29H,4-13,16-27H2,1-3H3,(H,31,32)/b15-14-. The van der Waals surface area contributed by atoms with Gasteiger partial charge in [-0.15, -0.1) is 0 Å². The van der Waals surface area contributed by atoms with Gasteiger partial charge in [-0.3, -0.25) is 4.79 Å². The number of carboxylic acids is 1. The number of allylic oxidation sites excluding steroid dienone is 2. The molecule has 0 saturated heterocycles. The number of rotatable bonds is 25. The number of hydrogen-bond acceptors (Lipinski definition) is 1. The molecule has 0 radical (unpaired) electrons. The first-order chi connectivity index (χ1) is 15.7. The fraction of sp³-hybridized carbons (Fsp3) is 0.900. The summed E-state index contributed by atoms with van der Waals surface area (Å²) in [5, 5.41) is 9.58. The third-order valence-corrected chi connectivity index (χ3v) is 7.07. The van der Waals surface area contributed by atoms with Gasteiger partial charge in [0, 0.05) is 0 Å². The van der Waals surface area contributed by atoms with Gasteiger partial charge in [0.25, 0.3) is 0 Å². The molecule has 2 heteroatoms. The maximum absolute atomic E-state index is 11.6. The van der Waals surface area contributed by atoms with Crippen LogP contribution in [0.15, 0.2) is 12.2 Å². The summed E-state index contributed by atoms with van der Waals surface area (Å²) in [4.78, 5) is 11.6. The Balaban J connectivity index is 3.53.